The highest BCUT2D eigenvalue weighted by Crippen LogP contribution is 2.27. The molecule has 0 unspecified atom stereocenters. The van der Waals surface area contributed by atoms with Crippen LogP contribution in [0.1, 0.15) is 58.8 Å². The maximum atomic E-state index is 5.71. The van der Waals surface area contributed by atoms with E-state index in [0.29, 0.717) is 12.0 Å². The molecule has 0 bridgehead atoms. The van der Waals surface area contributed by atoms with Gasteiger partial charge in [0.05, 0.1) is 12.7 Å². The van der Waals surface area contributed by atoms with Gasteiger partial charge in [0.2, 0.25) is 0 Å². The maximum Gasteiger partial charge on any atom is 0.0786 e. The fourth-order valence-electron chi connectivity index (χ4n) is 2.17. The second-order valence-corrected chi connectivity index (χ2v) is 4.85. The molecule has 1 heteroatoms. The van der Waals surface area contributed by atoms with Gasteiger partial charge < -0.3 is 4.74 Å². The Hall–Kier alpha value is -0.300. The Kier molecular flexibility index (Phi) is 6.00. The van der Waals surface area contributed by atoms with E-state index in [-0.39, 0.29) is 0 Å². The van der Waals surface area contributed by atoms with Gasteiger partial charge in [0.15, 0.2) is 0 Å². The monoisotopic (exact) mass is 210 g/mol. The zero-order valence-electron chi connectivity index (χ0n) is 10.4. The average Bonchev–Trinajstić information content (AvgIpc) is 2.54. The minimum Gasteiger partial charge on any atom is -0.373 e. The average molecular weight is 210 g/mol. The van der Waals surface area contributed by atoms with Crippen molar-refractivity contribution in [3.05, 3.63) is 12.2 Å². The van der Waals surface area contributed by atoms with Crippen molar-refractivity contribution >= 4 is 0 Å². The lowest BCUT2D eigenvalue weighted by atomic mass is 9.97. The molecule has 0 aromatic heterocycles. The predicted molar refractivity (Wildman–Crippen MR) is 66.0 cm³/mol. The van der Waals surface area contributed by atoms with Crippen LogP contribution in [0.3, 0.4) is 0 Å². The number of hydrogen-bond donors (Lipinski definition) is 0. The van der Waals surface area contributed by atoms with Gasteiger partial charge in [-0.15, -0.1) is 0 Å². The Labute approximate surface area is 94.9 Å². The highest BCUT2D eigenvalue weighted by molar-refractivity contribution is 5.10. The molecule has 0 saturated carbocycles. The molecule has 15 heavy (non-hydrogen) atoms. The van der Waals surface area contributed by atoms with E-state index in [2.05, 4.69) is 20.4 Å². The van der Waals surface area contributed by atoms with Gasteiger partial charge >= 0.3 is 0 Å². The Morgan fingerprint density at radius 2 is 1.87 bits per heavy atom. The highest BCUT2D eigenvalue weighted by atomic mass is 16.5. The van der Waals surface area contributed by atoms with Gasteiger partial charge in [0.1, 0.15) is 0 Å². The number of rotatable bonds is 7. The molecule has 1 saturated heterocycles. The summed E-state index contributed by atoms with van der Waals surface area (Å²) in [5.74, 6) is 0.579. The molecule has 0 spiro atoms. The van der Waals surface area contributed by atoms with Gasteiger partial charge in [0, 0.05) is 5.92 Å². The van der Waals surface area contributed by atoms with E-state index >= 15 is 0 Å². The summed E-state index contributed by atoms with van der Waals surface area (Å²) in [7, 11) is 0. The van der Waals surface area contributed by atoms with Gasteiger partial charge in [0.25, 0.3) is 0 Å². The molecular weight excluding hydrogens is 184 g/mol. The molecule has 88 valence electrons. The molecule has 0 aliphatic carbocycles. The van der Waals surface area contributed by atoms with E-state index in [9.17, 15) is 0 Å². The predicted octanol–water partition coefficient (Wildman–Crippen LogP) is 4.33. The second-order valence-electron chi connectivity index (χ2n) is 4.85. The molecule has 1 aliphatic rings. The normalized spacial score (nSPS) is 26.1. The van der Waals surface area contributed by atoms with Crippen molar-refractivity contribution in [1.29, 1.82) is 0 Å². The Morgan fingerprint density at radius 3 is 2.47 bits per heavy atom. The number of ether oxygens (including phenoxy) is 1. The summed E-state index contributed by atoms with van der Waals surface area (Å²) in [6.45, 7) is 9.48. The molecule has 2 atom stereocenters. The lowest BCUT2D eigenvalue weighted by Gasteiger charge is -2.11. The smallest absolute Gasteiger partial charge is 0.0786 e. The van der Waals surface area contributed by atoms with E-state index in [1.54, 1.807) is 0 Å². The molecule has 0 amide bonds. The zero-order chi connectivity index (χ0) is 11.1. The van der Waals surface area contributed by atoms with Gasteiger partial charge in [-0.3, -0.25) is 0 Å². The summed E-state index contributed by atoms with van der Waals surface area (Å²) in [5, 5.41) is 0. The molecule has 1 heterocycles. The molecule has 1 nitrogen and oxygen atoms in total. The topological polar surface area (TPSA) is 9.23 Å². The van der Waals surface area contributed by atoms with Crippen molar-refractivity contribution < 1.29 is 4.74 Å². The van der Waals surface area contributed by atoms with Gasteiger partial charge in [-0.1, -0.05) is 59.0 Å². The van der Waals surface area contributed by atoms with Crippen LogP contribution in [0.4, 0.5) is 0 Å². The van der Waals surface area contributed by atoms with Crippen LogP contribution in [0.15, 0.2) is 12.2 Å². The molecule has 0 aromatic rings. The Balaban J connectivity index is 1.98. The lowest BCUT2D eigenvalue weighted by Crippen LogP contribution is -2.07. The first kappa shape index (κ1) is 12.8. The number of unbranched alkanes of at least 4 members (excludes halogenated alkanes) is 5. The van der Waals surface area contributed by atoms with Gasteiger partial charge in [-0.2, -0.15) is 0 Å². The van der Waals surface area contributed by atoms with Crippen LogP contribution < -0.4 is 0 Å². The van der Waals surface area contributed by atoms with Crippen LogP contribution in [0, 0.1) is 5.92 Å². The van der Waals surface area contributed by atoms with Crippen molar-refractivity contribution in [2.45, 2.75) is 64.9 Å². The minimum atomic E-state index is 0.367. The zero-order valence-corrected chi connectivity index (χ0v) is 10.4. The fourth-order valence-corrected chi connectivity index (χ4v) is 2.17. The van der Waals surface area contributed by atoms with Crippen LogP contribution in [0.25, 0.3) is 0 Å². The molecule has 0 aromatic carbocycles. The summed E-state index contributed by atoms with van der Waals surface area (Å²) in [4.78, 5) is 0. The minimum absolute atomic E-state index is 0.367. The standard InChI is InChI=1S/C14H26O/c1-4-5-6-7-8-9-10-14-13(3)12(2)11-15-14/h12,14H,3-11H2,1-2H3/t12-,14-/m0/s1. The molecule has 1 aliphatic heterocycles. The van der Waals surface area contributed by atoms with Gasteiger partial charge in [-0.05, 0) is 12.0 Å². The van der Waals surface area contributed by atoms with Crippen LogP contribution >= 0.6 is 0 Å². The SMILES string of the molecule is C=C1[C@H](CCCCCCCC)OC[C@@H]1C. The van der Waals surface area contributed by atoms with E-state index in [1.165, 1.54) is 50.5 Å². The lowest BCUT2D eigenvalue weighted by molar-refractivity contribution is 0.109. The Bertz CT molecular complexity index is 186. The summed E-state index contributed by atoms with van der Waals surface area (Å²) in [6.07, 6.45) is 9.74. The van der Waals surface area contributed by atoms with E-state index in [0.717, 1.165) is 6.61 Å². The summed E-state index contributed by atoms with van der Waals surface area (Å²) >= 11 is 0. The van der Waals surface area contributed by atoms with E-state index in [4.69, 9.17) is 4.74 Å². The quantitative estimate of drug-likeness (QED) is 0.449. The third kappa shape index (κ3) is 4.38. The number of hydrogen-bond acceptors (Lipinski definition) is 1. The molecule has 1 rings (SSSR count). The largest absolute Gasteiger partial charge is 0.373 e. The summed E-state index contributed by atoms with van der Waals surface area (Å²) in [6, 6.07) is 0. The first-order valence-corrected chi connectivity index (χ1v) is 6.56. The third-order valence-corrected chi connectivity index (χ3v) is 3.41. The fraction of sp³-hybridized carbons (Fsp3) is 0.857. The first-order valence-electron chi connectivity index (χ1n) is 6.56. The summed E-state index contributed by atoms with van der Waals surface area (Å²) in [5.41, 5.74) is 1.32. The van der Waals surface area contributed by atoms with Crippen molar-refractivity contribution in [2.75, 3.05) is 6.61 Å². The van der Waals surface area contributed by atoms with E-state index < -0.39 is 0 Å². The van der Waals surface area contributed by atoms with Crippen LogP contribution in [-0.2, 0) is 4.74 Å². The van der Waals surface area contributed by atoms with Gasteiger partial charge in [-0.25, -0.2) is 0 Å². The first-order chi connectivity index (χ1) is 7.25. The second kappa shape index (κ2) is 7.05. The molecule has 1 fully saturated rings. The third-order valence-electron chi connectivity index (χ3n) is 3.41. The van der Waals surface area contributed by atoms with Crippen molar-refractivity contribution in [2.24, 2.45) is 5.92 Å². The van der Waals surface area contributed by atoms with Crippen molar-refractivity contribution in [3.8, 4) is 0 Å². The van der Waals surface area contributed by atoms with Crippen LogP contribution in [-0.4, -0.2) is 12.7 Å². The summed E-state index contributed by atoms with van der Waals surface area (Å²) < 4.78 is 5.71. The molecule has 0 N–H and O–H groups in total. The highest BCUT2D eigenvalue weighted by Gasteiger charge is 2.25. The van der Waals surface area contributed by atoms with Crippen LogP contribution in [0.5, 0.6) is 0 Å². The van der Waals surface area contributed by atoms with Crippen molar-refractivity contribution in [3.63, 3.8) is 0 Å². The molecular formula is C14H26O. The van der Waals surface area contributed by atoms with Crippen molar-refractivity contribution in [1.82, 2.24) is 0 Å². The van der Waals surface area contributed by atoms with E-state index in [1.807, 2.05) is 0 Å². The maximum absolute atomic E-state index is 5.71. The molecule has 0 radical (unpaired) electrons. The Morgan fingerprint density at radius 1 is 1.20 bits per heavy atom. The van der Waals surface area contributed by atoms with Crippen LogP contribution in [0.2, 0.25) is 0 Å².